The van der Waals surface area contributed by atoms with Crippen LogP contribution in [0.25, 0.3) is 0 Å². The third kappa shape index (κ3) is 3.93. The highest BCUT2D eigenvalue weighted by Gasteiger charge is 2.22. The van der Waals surface area contributed by atoms with Gasteiger partial charge in [-0.2, -0.15) is 0 Å². The smallest absolute Gasteiger partial charge is 0.151 e. The minimum atomic E-state index is 0.176. The number of hydrogen-bond donors (Lipinski definition) is 3. The lowest BCUT2D eigenvalue weighted by Gasteiger charge is -2.30. The molecule has 0 fully saturated rings. The lowest BCUT2D eigenvalue weighted by Crippen LogP contribution is -2.13. The van der Waals surface area contributed by atoms with Crippen molar-refractivity contribution >= 4 is 17.1 Å². The maximum atomic E-state index is 10.4. The second kappa shape index (κ2) is 8.55. The Balaban J connectivity index is 1.93. The van der Waals surface area contributed by atoms with Gasteiger partial charge in [0, 0.05) is 11.1 Å². The maximum Gasteiger partial charge on any atom is 0.151 e. The van der Waals surface area contributed by atoms with Gasteiger partial charge < -0.3 is 25.0 Å². The Morgan fingerprint density at radius 3 is 1.75 bits per heavy atom. The van der Waals surface area contributed by atoms with Crippen molar-refractivity contribution < 1.29 is 20.1 Å². The molecule has 5 heteroatoms. The molecule has 0 saturated heterocycles. The van der Waals surface area contributed by atoms with Gasteiger partial charge in [0.1, 0.15) is 23.0 Å². The summed E-state index contributed by atoms with van der Waals surface area (Å²) in [6.07, 6.45) is 0. The molecule has 0 aliphatic carbocycles. The van der Waals surface area contributed by atoms with E-state index in [-0.39, 0.29) is 17.2 Å². The molecule has 0 radical (unpaired) electrons. The summed E-state index contributed by atoms with van der Waals surface area (Å²) in [6, 6.07) is 23.3. The average Bonchev–Trinajstić information content (AvgIpc) is 2.77. The van der Waals surface area contributed by atoms with Crippen molar-refractivity contribution in [1.82, 2.24) is 0 Å². The van der Waals surface area contributed by atoms with Gasteiger partial charge in [-0.25, -0.2) is 0 Å². The highest BCUT2D eigenvalue weighted by Crippen LogP contribution is 2.46. The van der Waals surface area contributed by atoms with E-state index in [0.717, 1.165) is 22.6 Å². The van der Waals surface area contributed by atoms with E-state index in [1.807, 2.05) is 62.1 Å². The van der Waals surface area contributed by atoms with Crippen LogP contribution in [0, 0.1) is 20.8 Å². The van der Waals surface area contributed by atoms with E-state index < -0.39 is 0 Å². The van der Waals surface area contributed by atoms with Gasteiger partial charge in [0.05, 0.1) is 17.1 Å². The quantitative estimate of drug-likeness (QED) is 0.320. The molecule has 5 nitrogen and oxygen atoms in total. The summed E-state index contributed by atoms with van der Waals surface area (Å²) in [5, 5.41) is 30.6. The van der Waals surface area contributed by atoms with Crippen molar-refractivity contribution in [2.45, 2.75) is 20.8 Å². The number of rotatable bonds is 5. The van der Waals surface area contributed by atoms with E-state index in [0.29, 0.717) is 22.6 Å². The highest BCUT2D eigenvalue weighted by atomic mass is 16.5. The molecule has 162 valence electrons. The molecular weight excluding hydrogens is 402 g/mol. The van der Waals surface area contributed by atoms with Crippen molar-refractivity contribution in [3.63, 3.8) is 0 Å². The SMILES string of the molecule is Cc1cc(O)ccc1Oc1ccccc1N(c1cccc(O)c1C)c1cccc(O)c1C. The summed E-state index contributed by atoms with van der Waals surface area (Å²) in [4.78, 5) is 1.97. The number of phenols is 3. The number of phenolic OH excluding ortho intramolecular Hbond substituents is 3. The van der Waals surface area contributed by atoms with Crippen LogP contribution < -0.4 is 9.64 Å². The Morgan fingerprint density at radius 2 is 1.16 bits per heavy atom. The first-order valence-electron chi connectivity index (χ1n) is 10.3. The molecule has 0 amide bonds. The first kappa shape index (κ1) is 21.1. The molecule has 3 N–H and O–H groups in total. The van der Waals surface area contributed by atoms with Crippen molar-refractivity contribution in [2.24, 2.45) is 0 Å². The Labute approximate surface area is 187 Å². The van der Waals surface area contributed by atoms with Crippen LogP contribution in [-0.4, -0.2) is 15.3 Å². The predicted molar refractivity (Wildman–Crippen MR) is 127 cm³/mol. The van der Waals surface area contributed by atoms with E-state index in [2.05, 4.69) is 0 Å². The van der Waals surface area contributed by atoms with E-state index in [4.69, 9.17) is 4.74 Å². The topological polar surface area (TPSA) is 73.2 Å². The van der Waals surface area contributed by atoms with Gasteiger partial charge in [-0.3, -0.25) is 0 Å². The highest BCUT2D eigenvalue weighted by molar-refractivity contribution is 5.84. The van der Waals surface area contributed by atoms with Crippen molar-refractivity contribution in [1.29, 1.82) is 0 Å². The van der Waals surface area contributed by atoms with Gasteiger partial charge in [-0.1, -0.05) is 24.3 Å². The van der Waals surface area contributed by atoms with Gasteiger partial charge in [0.25, 0.3) is 0 Å². The molecule has 0 unspecified atom stereocenters. The second-order valence-electron chi connectivity index (χ2n) is 7.70. The zero-order chi connectivity index (χ0) is 22.8. The first-order valence-corrected chi connectivity index (χ1v) is 10.3. The largest absolute Gasteiger partial charge is 0.508 e. The molecular formula is C27H25NO4. The number of benzene rings is 4. The lowest BCUT2D eigenvalue weighted by atomic mass is 10.1. The number of nitrogens with zero attached hydrogens (tertiary/aromatic N) is 1. The number of anilines is 3. The van der Waals surface area contributed by atoms with Crippen LogP contribution in [0.3, 0.4) is 0 Å². The number of aryl methyl sites for hydroxylation is 1. The molecule has 4 aromatic rings. The standard InChI is InChI=1S/C27H25NO4/c1-17-16-20(29)14-15-26(17)32-27-13-5-4-8-23(27)28(21-9-6-11-24(30)18(21)2)22-10-7-12-25(31)19(22)3/h4-16,29-31H,1-3H3. The minimum Gasteiger partial charge on any atom is -0.508 e. The maximum absolute atomic E-state index is 10.4. The van der Waals surface area contributed by atoms with Gasteiger partial charge in [-0.15, -0.1) is 0 Å². The summed E-state index contributed by atoms with van der Waals surface area (Å²) in [5.41, 5.74) is 4.46. The van der Waals surface area contributed by atoms with E-state index in [9.17, 15) is 15.3 Å². The zero-order valence-corrected chi connectivity index (χ0v) is 18.2. The van der Waals surface area contributed by atoms with Gasteiger partial charge >= 0.3 is 0 Å². The van der Waals surface area contributed by atoms with E-state index >= 15 is 0 Å². The van der Waals surface area contributed by atoms with Gasteiger partial charge in [0.15, 0.2) is 5.75 Å². The fraction of sp³-hybridized carbons (Fsp3) is 0.111. The van der Waals surface area contributed by atoms with Crippen LogP contribution in [0.4, 0.5) is 17.1 Å². The van der Waals surface area contributed by atoms with Crippen molar-refractivity contribution in [2.75, 3.05) is 4.90 Å². The van der Waals surface area contributed by atoms with Gasteiger partial charge in [0.2, 0.25) is 0 Å². The minimum absolute atomic E-state index is 0.176. The summed E-state index contributed by atoms with van der Waals surface area (Å²) in [5.74, 6) is 1.74. The normalized spacial score (nSPS) is 10.7. The van der Waals surface area contributed by atoms with Crippen LogP contribution in [0.5, 0.6) is 28.7 Å². The zero-order valence-electron chi connectivity index (χ0n) is 18.2. The summed E-state index contributed by atoms with van der Waals surface area (Å²) in [7, 11) is 0. The Bertz CT molecular complexity index is 1230. The molecule has 0 saturated carbocycles. The molecule has 0 spiro atoms. The van der Waals surface area contributed by atoms with Gasteiger partial charge in [-0.05, 0) is 80.9 Å². The Kier molecular flexibility index (Phi) is 5.65. The van der Waals surface area contributed by atoms with Crippen LogP contribution in [-0.2, 0) is 0 Å². The van der Waals surface area contributed by atoms with Crippen LogP contribution in [0.1, 0.15) is 16.7 Å². The molecule has 4 aromatic carbocycles. The number of ether oxygens (including phenoxy) is 1. The van der Waals surface area contributed by atoms with Crippen LogP contribution in [0.15, 0.2) is 78.9 Å². The molecule has 32 heavy (non-hydrogen) atoms. The fourth-order valence-corrected chi connectivity index (χ4v) is 3.69. The third-order valence-electron chi connectivity index (χ3n) is 5.52. The molecule has 0 atom stereocenters. The van der Waals surface area contributed by atoms with Crippen LogP contribution in [0.2, 0.25) is 0 Å². The van der Waals surface area contributed by atoms with Crippen molar-refractivity contribution in [3.05, 3.63) is 95.6 Å². The van der Waals surface area contributed by atoms with E-state index in [1.54, 1.807) is 42.5 Å². The Hall–Kier alpha value is -4.12. The molecule has 0 aliphatic rings. The molecule has 0 heterocycles. The second-order valence-corrected chi connectivity index (χ2v) is 7.70. The number of para-hydroxylation sites is 2. The third-order valence-corrected chi connectivity index (χ3v) is 5.52. The van der Waals surface area contributed by atoms with Crippen LogP contribution >= 0.6 is 0 Å². The average molecular weight is 428 g/mol. The fourth-order valence-electron chi connectivity index (χ4n) is 3.69. The molecule has 0 aliphatic heterocycles. The monoisotopic (exact) mass is 427 g/mol. The molecule has 4 rings (SSSR count). The predicted octanol–water partition coefficient (Wildman–Crippen LogP) is 6.99. The van der Waals surface area contributed by atoms with Crippen molar-refractivity contribution in [3.8, 4) is 28.7 Å². The summed E-state index contributed by atoms with van der Waals surface area (Å²) < 4.78 is 6.28. The number of aromatic hydroxyl groups is 3. The molecule has 0 bridgehead atoms. The summed E-state index contributed by atoms with van der Waals surface area (Å²) in [6.45, 7) is 5.57. The lowest BCUT2D eigenvalue weighted by molar-refractivity contribution is 0.462. The molecule has 0 aromatic heterocycles. The summed E-state index contributed by atoms with van der Waals surface area (Å²) >= 11 is 0. The van der Waals surface area contributed by atoms with E-state index in [1.165, 1.54) is 0 Å². The first-order chi connectivity index (χ1) is 15.4. The number of hydrogen-bond acceptors (Lipinski definition) is 5. The Morgan fingerprint density at radius 1 is 0.594 bits per heavy atom.